The number of guanidine groups is 1. The number of nitrogens with two attached hydrogens (primary N) is 4. The van der Waals surface area contributed by atoms with E-state index < -0.39 is 290 Å². The van der Waals surface area contributed by atoms with Gasteiger partial charge in [0.25, 0.3) is 0 Å². The number of rotatable bonds is 62. The summed E-state index contributed by atoms with van der Waals surface area (Å²) in [5.74, 6) is -22.4. The van der Waals surface area contributed by atoms with Crippen molar-refractivity contribution in [2.45, 2.75) is 320 Å². The Morgan fingerprint density at radius 2 is 0.828 bits per heavy atom. The van der Waals surface area contributed by atoms with E-state index in [9.17, 15) is 127 Å². The molecule has 52 heteroatoms. The Kier molecular flexibility index (Phi) is 53.0. The van der Waals surface area contributed by atoms with Crippen LogP contribution in [0.2, 0.25) is 0 Å². The molecule has 52 nitrogen and oxygen atoms in total. The van der Waals surface area contributed by atoms with Crippen LogP contribution in [0.25, 0.3) is 0 Å². The maximum Gasteiger partial charge on any atom is 0.328 e. The monoisotopic (exact) mass is 2050 g/mol. The van der Waals surface area contributed by atoms with Crippen molar-refractivity contribution >= 4 is 130 Å². The molecule has 0 saturated carbocycles. The molecule has 1 aromatic rings. The summed E-state index contributed by atoms with van der Waals surface area (Å²) < 4.78 is 0. The van der Waals surface area contributed by atoms with Crippen LogP contribution in [-0.4, -0.2) is 356 Å². The standard InChI is InChI=1S/C93H155N25O27/c1-14-50(10)73(114-83(135)61(39-48(6)7)107-81(133)60(38-47(4)5)106-79(131)56(21-15-16-32-94)105-85(137)66-23-18-34-116(66)90(142)68-25-20-36-118(68)89(141)58(30-31-69(96)124)103-70(125)41-95)87(139)109-62(40-54-26-28-55(123)29-27-54)82(134)104-57(22-17-33-99-93(97)98)78(130)101-51(11)76(128)111-64(44-120)84(136)115-74(53(13)122)88(140)108-59(37-46(2)3)80(132)102-52(12)75(127)110-63(43-119)77(129)100-42-71(126)113-72(49(8)9)91(143)117-35-19-24-67(117)86(138)112-65(45-121)92(144)145/h26-29,46-53,56-68,72-74,119-123H,14-25,30-45,94-95H2,1-13H3,(H2,96,124)(H,100,129)(H,101,130)(H,102,132)(H,103,125)(H,104,134)(H,105,137)(H,106,131)(H,107,133)(H,108,140)(H,109,139)(H,110,127)(H,111,128)(H,112,138)(H,113,126)(H,114,135)(H,115,136)(H,144,145)(H4,97,98,99)/t50-,51-,52-,53+,56-,57-,58-,59-,60-,61-,62-,63-,64-,65-,66-,67-,68-,72-,73-,74-/m0/s1. The second-order valence-electron chi connectivity index (χ2n) is 38.4. The van der Waals surface area contributed by atoms with Gasteiger partial charge in [-0.15, -0.1) is 0 Å². The summed E-state index contributed by atoms with van der Waals surface area (Å²) in [5, 5.41) is 111. The molecule has 0 aromatic heterocycles. The minimum absolute atomic E-state index is 0.00337. The fraction of sp³-hybridized carbons (Fsp3) is 0.699. The minimum atomic E-state index is -1.94. The van der Waals surface area contributed by atoms with Crippen LogP contribution in [0.15, 0.2) is 24.3 Å². The molecule has 20 amide bonds. The Hall–Kier alpha value is -13.1. The van der Waals surface area contributed by atoms with Gasteiger partial charge in [-0.05, 0) is 171 Å². The van der Waals surface area contributed by atoms with E-state index >= 15 is 4.79 Å². The Morgan fingerprint density at radius 3 is 1.31 bits per heavy atom. The number of carbonyl (C=O) groups excluding carboxylic acids is 20. The number of unbranched alkanes of at least 4 members (excludes halogenated alkanes) is 1. The molecular weight excluding hydrogens is 1900 g/mol. The molecule has 3 heterocycles. The molecule has 1 aromatic carbocycles. The molecule has 0 unspecified atom stereocenters. The number of phenols is 1. The van der Waals surface area contributed by atoms with Crippen LogP contribution in [0.4, 0.5) is 0 Å². The number of carbonyl (C=O) groups is 21. The molecule has 814 valence electrons. The van der Waals surface area contributed by atoms with Crippen LogP contribution < -0.4 is 113 Å². The zero-order valence-corrected chi connectivity index (χ0v) is 84.9. The molecule has 0 bridgehead atoms. The van der Waals surface area contributed by atoms with E-state index in [1.807, 2.05) is 0 Å². The number of primary amides is 1. The van der Waals surface area contributed by atoms with Gasteiger partial charge < -0.3 is 159 Å². The first-order valence-electron chi connectivity index (χ1n) is 49.3. The fourth-order valence-corrected chi connectivity index (χ4v) is 16.5. The summed E-state index contributed by atoms with van der Waals surface area (Å²) >= 11 is 0. The molecule has 32 N–H and O–H groups in total. The number of likely N-dealkylation sites (tertiary alicyclic amines) is 3. The van der Waals surface area contributed by atoms with Crippen molar-refractivity contribution in [3.63, 3.8) is 0 Å². The quantitative estimate of drug-likeness (QED) is 0.0164. The topological polar surface area (TPSA) is 822 Å². The maximum absolute atomic E-state index is 15.0. The third-order valence-electron chi connectivity index (χ3n) is 24.7. The normalized spacial score (nSPS) is 18.0. The lowest BCUT2D eigenvalue weighted by Gasteiger charge is -2.33. The molecule has 0 aliphatic carbocycles. The number of aromatic hydroxyl groups is 1. The zero-order valence-electron chi connectivity index (χ0n) is 84.9. The largest absolute Gasteiger partial charge is 0.508 e. The molecule has 20 atom stereocenters. The molecule has 3 fully saturated rings. The Labute approximate surface area is 842 Å². The highest BCUT2D eigenvalue weighted by Gasteiger charge is 2.47. The summed E-state index contributed by atoms with van der Waals surface area (Å²) in [6.45, 7) is 16.4. The van der Waals surface area contributed by atoms with Gasteiger partial charge in [0, 0.05) is 39.0 Å². The van der Waals surface area contributed by atoms with E-state index in [1.54, 1.807) is 69.2 Å². The van der Waals surface area contributed by atoms with Gasteiger partial charge in [0.05, 0.1) is 39.0 Å². The number of benzene rings is 1. The number of hydrogen-bond donors (Lipinski definition) is 28. The van der Waals surface area contributed by atoms with E-state index in [0.717, 1.165) is 18.7 Å². The van der Waals surface area contributed by atoms with Crippen LogP contribution in [0.5, 0.6) is 5.75 Å². The van der Waals surface area contributed by atoms with Crippen LogP contribution in [0, 0.1) is 35.0 Å². The van der Waals surface area contributed by atoms with Crippen LogP contribution in [-0.2, 0) is 107 Å². The maximum atomic E-state index is 15.0. The van der Waals surface area contributed by atoms with Gasteiger partial charge in [-0.2, -0.15) is 0 Å². The Morgan fingerprint density at radius 1 is 0.414 bits per heavy atom. The molecule has 145 heavy (non-hydrogen) atoms. The molecule has 3 saturated heterocycles. The second-order valence-corrected chi connectivity index (χ2v) is 38.4. The lowest BCUT2D eigenvalue weighted by Crippen LogP contribution is -2.62. The Bertz CT molecular complexity index is 4600. The van der Waals surface area contributed by atoms with Gasteiger partial charge in [0.15, 0.2) is 5.96 Å². The van der Waals surface area contributed by atoms with E-state index in [0.29, 0.717) is 37.7 Å². The average Bonchev–Trinajstić information content (AvgIpc) is 1.66. The number of aliphatic carboxylic acids is 1. The number of hydrogen-bond acceptors (Lipinski definition) is 29. The van der Waals surface area contributed by atoms with Crippen molar-refractivity contribution in [2.75, 3.05) is 65.6 Å². The van der Waals surface area contributed by atoms with Crippen LogP contribution >= 0.6 is 0 Å². The highest BCUT2D eigenvalue weighted by atomic mass is 16.4. The third-order valence-corrected chi connectivity index (χ3v) is 24.7. The van der Waals surface area contributed by atoms with Gasteiger partial charge in [0.2, 0.25) is 118 Å². The second kappa shape index (κ2) is 61.9. The van der Waals surface area contributed by atoms with Gasteiger partial charge >= 0.3 is 5.97 Å². The fourth-order valence-electron chi connectivity index (χ4n) is 16.5. The summed E-state index contributed by atoms with van der Waals surface area (Å²) in [6, 6.07) is -21.0. The number of carboxylic acid groups (broad SMARTS) is 1. The van der Waals surface area contributed by atoms with Crippen molar-refractivity contribution in [1.82, 2.24) is 105 Å². The van der Waals surface area contributed by atoms with Crippen LogP contribution in [0.3, 0.4) is 0 Å². The first kappa shape index (κ1) is 124. The van der Waals surface area contributed by atoms with Gasteiger partial charge in [0.1, 0.15) is 115 Å². The van der Waals surface area contributed by atoms with Crippen molar-refractivity contribution in [3.05, 3.63) is 29.8 Å². The van der Waals surface area contributed by atoms with Crippen molar-refractivity contribution in [3.8, 4) is 5.75 Å². The number of aliphatic hydroxyl groups excluding tert-OH is 4. The number of amides is 20. The van der Waals surface area contributed by atoms with Crippen molar-refractivity contribution < 1.29 is 131 Å². The number of aliphatic hydroxyl groups is 4. The SMILES string of the molecule is CC[C@H](C)[C@H](NC(=O)[C@H](CC(C)C)NC(=O)[C@H](CC(C)C)NC(=O)[C@H](CCCCN)NC(=O)[C@@H]1CCCN1C(=O)[C@@H]1CCCN1C(=O)[C@H](CCC(N)=O)NC(=O)CN)C(=O)N[C@@H](Cc1ccc(O)cc1)C(=O)N[C@@H](CCCNC(=N)N)C(=O)N[C@@H](C)C(=O)N[C@@H](CO)C(=O)N[C@H](C(=O)N[C@@H](CC(C)C)C(=O)N[C@@H](C)C(=O)N[C@@H](CO)C(=O)NCC(=O)N[C@H](C(=O)N1CCC[C@H]1C(=O)N[C@@H](CO)C(=O)O)C(C)C)[C@@H](C)O. The predicted octanol–water partition coefficient (Wildman–Crippen LogP) is -8.77. The van der Waals surface area contributed by atoms with Crippen molar-refractivity contribution in [1.29, 1.82) is 5.41 Å². The molecule has 0 spiro atoms. The van der Waals surface area contributed by atoms with E-state index in [4.69, 9.17) is 28.3 Å². The smallest absolute Gasteiger partial charge is 0.328 e. The molecular formula is C93H155N25O27. The van der Waals surface area contributed by atoms with Gasteiger partial charge in [-0.1, -0.05) is 87.8 Å². The lowest BCUT2D eigenvalue weighted by molar-refractivity contribution is -0.148. The average molecular weight is 2060 g/mol. The number of nitrogens with one attached hydrogen (secondary N) is 18. The predicted molar refractivity (Wildman–Crippen MR) is 522 cm³/mol. The lowest BCUT2D eigenvalue weighted by atomic mass is 9.95. The summed E-state index contributed by atoms with van der Waals surface area (Å²) in [6.07, 6.45) is -0.298. The highest BCUT2D eigenvalue weighted by Crippen LogP contribution is 2.28. The molecule has 3 aliphatic rings. The van der Waals surface area contributed by atoms with E-state index in [-0.39, 0.29) is 140 Å². The summed E-state index contributed by atoms with van der Waals surface area (Å²) in [5.41, 5.74) is 22.7. The number of phenolic OH excluding ortho intramolecular Hbond substituents is 1. The Balaban J connectivity index is 1.50. The first-order chi connectivity index (χ1) is 68.3. The molecule has 0 radical (unpaired) electrons. The van der Waals surface area contributed by atoms with Crippen molar-refractivity contribution in [2.24, 2.45) is 52.5 Å². The third kappa shape index (κ3) is 40.8. The van der Waals surface area contributed by atoms with Crippen LogP contribution in [0.1, 0.15) is 205 Å². The molecule has 3 aliphatic heterocycles. The minimum Gasteiger partial charge on any atom is -0.508 e. The summed E-state index contributed by atoms with van der Waals surface area (Å²) in [4.78, 5) is 294. The zero-order chi connectivity index (χ0) is 109. The summed E-state index contributed by atoms with van der Waals surface area (Å²) in [7, 11) is 0. The number of carboxylic acids is 1. The van der Waals surface area contributed by atoms with E-state index in [2.05, 4.69) is 90.4 Å². The first-order valence-corrected chi connectivity index (χ1v) is 49.3. The molecule has 4 rings (SSSR count). The van der Waals surface area contributed by atoms with Gasteiger partial charge in [-0.3, -0.25) is 101 Å². The highest BCUT2D eigenvalue weighted by molar-refractivity contribution is 6.02. The number of nitrogens with zero attached hydrogens (tertiary/aromatic N) is 3. The van der Waals surface area contributed by atoms with E-state index in [1.165, 1.54) is 41.0 Å². The van der Waals surface area contributed by atoms with Gasteiger partial charge in [-0.25, -0.2) is 4.79 Å².